The van der Waals surface area contributed by atoms with E-state index < -0.39 is 0 Å². The zero-order valence-corrected chi connectivity index (χ0v) is 9.32. The van der Waals surface area contributed by atoms with E-state index in [2.05, 4.69) is 30.8 Å². The number of hydrogen-bond acceptors (Lipinski definition) is 3. The van der Waals surface area contributed by atoms with Crippen LogP contribution in [0.25, 0.3) is 0 Å². The van der Waals surface area contributed by atoms with Crippen molar-refractivity contribution in [2.45, 2.75) is 39.7 Å². The Kier molecular flexibility index (Phi) is 3.37. The average molecular weight is 199 g/mol. The maximum Gasteiger partial charge on any atom is 0.156 e. The van der Waals surface area contributed by atoms with Crippen molar-refractivity contribution in [2.24, 2.45) is 16.3 Å². The summed E-state index contributed by atoms with van der Waals surface area (Å²) in [5, 5.41) is 11.8. The lowest BCUT2D eigenvalue weighted by Crippen LogP contribution is -2.43. The summed E-state index contributed by atoms with van der Waals surface area (Å²) in [6.45, 7) is 8.65. The van der Waals surface area contributed by atoms with Gasteiger partial charge in [-0.1, -0.05) is 25.9 Å². The van der Waals surface area contributed by atoms with Crippen molar-refractivity contribution in [2.75, 3.05) is 13.1 Å². The Labute approximate surface area is 85.8 Å². The van der Waals surface area contributed by atoms with Gasteiger partial charge in [-0.2, -0.15) is 0 Å². The summed E-state index contributed by atoms with van der Waals surface area (Å²) in [7, 11) is 0. The smallest absolute Gasteiger partial charge is 0.156 e. The molecule has 14 heavy (non-hydrogen) atoms. The molecule has 0 bridgehead atoms. The zero-order valence-electron chi connectivity index (χ0n) is 9.32. The van der Waals surface area contributed by atoms with Gasteiger partial charge < -0.3 is 10.9 Å². The van der Waals surface area contributed by atoms with E-state index in [-0.39, 0.29) is 6.04 Å². The van der Waals surface area contributed by atoms with Gasteiger partial charge >= 0.3 is 0 Å². The van der Waals surface area contributed by atoms with Crippen LogP contribution in [-0.2, 0) is 0 Å². The second-order valence-corrected chi connectivity index (χ2v) is 4.83. The molecule has 0 aromatic rings. The van der Waals surface area contributed by atoms with Gasteiger partial charge in [0.1, 0.15) is 0 Å². The first kappa shape index (κ1) is 11.3. The minimum Gasteiger partial charge on any atom is -0.409 e. The summed E-state index contributed by atoms with van der Waals surface area (Å²) in [4.78, 5) is 2.30. The third kappa shape index (κ3) is 2.38. The lowest BCUT2D eigenvalue weighted by Gasteiger charge is -2.27. The monoisotopic (exact) mass is 199 g/mol. The van der Waals surface area contributed by atoms with Crippen molar-refractivity contribution in [3.05, 3.63) is 0 Å². The Bertz CT molecular complexity index is 225. The van der Waals surface area contributed by atoms with Crippen LogP contribution in [0.15, 0.2) is 5.16 Å². The van der Waals surface area contributed by atoms with Crippen LogP contribution in [0.4, 0.5) is 0 Å². The van der Waals surface area contributed by atoms with Gasteiger partial charge in [-0.05, 0) is 24.8 Å². The molecule has 1 aliphatic heterocycles. The number of likely N-dealkylation sites (tertiary alicyclic amines) is 1. The maximum absolute atomic E-state index is 8.66. The lowest BCUT2D eigenvalue weighted by atomic mass is 9.93. The van der Waals surface area contributed by atoms with Crippen LogP contribution in [-0.4, -0.2) is 35.1 Å². The minimum atomic E-state index is 0.0989. The van der Waals surface area contributed by atoms with Gasteiger partial charge in [0, 0.05) is 6.54 Å². The van der Waals surface area contributed by atoms with Gasteiger partial charge in [0.25, 0.3) is 0 Å². The summed E-state index contributed by atoms with van der Waals surface area (Å²) in [6.07, 6.45) is 2.08. The molecule has 4 heteroatoms. The lowest BCUT2D eigenvalue weighted by molar-refractivity contribution is 0.246. The highest BCUT2D eigenvalue weighted by Gasteiger charge is 2.34. The molecule has 0 saturated carbocycles. The van der Waals surface area contributed by atoms with Crippen molar-refractivity contribution in [3.8, 4) is 0 Å². The van der Waals surface area contributed by atoms with Gasteiger partial charge in [-0.15, -0.1) is 0 Å². The predicted molar refractivity (Wildman–Crippen MR) is 57.5 cm³/mol. The Balaban J connectivity index is 2.64. The van der Waals surface area contributed by atoms with Crippen LogP contribution in [0.3, 0.4) is 0 Å². The average Bonchev–Trinajstić information content (AvgIpc) is 2.47. The Morgan fingerprint density at radius 1 is 1.64 bits per heavy atom. The molecule has 82 valence electrons. The molecule has 1 fully saturated rings. The normalized spacial score (nSPS) is 25.2. The van der Waals surface area contributed by atoms with Crippen molar-refractivity contribution in [1.82, 2.24) is 4.90 Å². The molecule has 1 rings (SSSR count). The number of rotatable bonds is 3. The third-order valence-electron chi connectivity index (χ3n) is 2.99. The molecule has 1 heterocycles. The predicted octanol–water partition coefficient (Wildman–Crippen LogP) is 1.24. The first-order valence-electron chi connectivity index (χ1n) is 5.21. The summed E-state index contributed by atoms with van der Waals surface area (Å²) < 4.78 is 0. The van der Waals surface area contributed by atoms with E-state index in [0.29, 0.717) is 11.3 Å². The van der Waals surface area contributed by atoms with E-state index in [1.54, 1.807) is 0 Å². The molecule has 0 spiro atoms. The first-order chi connectivity index (χ1) is 6.50. The molecule has 0 aromatic heterocycles. The minimum absolute atomic E-state index is 0.0989. The molecular formula is C10H21N3O. The SMILES string of the molecule is CCC(C(N)=NO)N1CCC(C)(C)C1. The number of amidine groups is 1. The molecular weight excluding hydrogens is 178 g/mol. The largest absolute Gasteiger partial charge is 0.409 e. The molecule has 0 aromatic carbocycles. The fourth-order valence-electron chi connectivity index (χ4n) is 2.14. The van der Waals surface area contributed by atoms with Crippen molar-refractivity contribution < 1.29 is 5.21 Å². The fraction of sp³-hybridized carbons (Fsp3) is 0.900. The molecule has 0 amide bonds. The van der Waals surface area contributed by atoms with Crippen LogP contribution in [0.2, 0.25) is 0 Å². The molecule has 1 aliphatic rings. The molecule has 1 atom stereocenters. The topological polar surface area (TPSA) is 61.9 Å². The third-order valence-corrected chi connectivity index (χ3v) is 2.99. The van der Waals surface area contributed by atoms with E-state index in [4.69, 9.17) is 10.9 Å². The molecule has 3 N–H and O–H groups in total. The number of nitrogens with two attached hydrogens (primary N) is 1. The van der Waals surface area contributed by atoms with Crippen LogP contribution in [0.1, 0.15) is 33.6 Å². The van der Waals surface area contributed by atoms with Crippen LogP contribution < -0.4 is 5.73 Å². The van der Waals surface area contributed by atoms with Crippen LogP contribution in [0.5, 0.6) is 0 Å². The zero-order chi connectivity index (χ0) is 10.8. The van der Waals surface area contributed by atoms with Gasteiger partial charge in [0.05, 0.1) is 6.04 Å². The molecule has 4 nitrogen and oxygen atoms in total. The quantitative estimate of drug-likeness (QED) is 0.311. The Morgan fingerprint density at radius 3 is 2.64 bits per heavy atom. The molecule has 1 unspecified atom stereocenters. The molecule has 0 aliphatic carbocycles. The Hall–Kier alpha value is -0.770. The van der Waals surface area contributed by atoms with E-state index in [1.165, 1.54) is 6.42 Å². The fourth-order valence-corrected chi connectivity index (χ4v) is 2.14. The van der Waals surface area contributed by atoms with Gasteiger partial charge in [0.2, 0.25) is 0 Å². The van der Waals surface area contributed by atoms with E-state index in [9.17, 15) is 0 Å². The molecule has 0 radical (unpaired) electrons. The highest BCUT2D eigenvalue weighted by atomic mass is 16.4. The highest BCUT2D eigenvalue weighted by molar-refractivity contribution is 5.85. The second-order valence-electron chi connectivity index (χ2n) is 4.83. The summed E-state index contributed by atoms with van der Waals surface area (Å²) in [5.74, 6) is 0.338. The van der Waals surface area contributed by atoms with Crippen molar-refractivity contribution in [1.29, 1.82) is 0 Å². The van der Waals surface area contributed by atoms with Gasteiger partial charge in [-0.3, -0.25) is 4.90 Å². The number of oxime groups is 1. The highest BCUT2D eigenvalue weighted by Crippen LogP contribution is 2.30. The number of hydrogen-bond donors (Lipinski definition) is 2. The van der Waals surface area contributed by atoms with Gasteiger partial charge in [-0.25, -0.2) is 0 Å². The number of nitrogens with zero attached hydrogens (tertiary/aromatic N) is 2. The maximum atomic E-state index is 8.66. The summed E-state index contributed by atoms with van der Waals surface area (Å²) in [5.41, 5.74) is 6.02. The summed E-state index contributed by atoms with van der Waals surface area (Å²) >= 11 is 0. The first-order valence-corrected chi connectivity index (χ1v) is 5.21. The van der Waals surface area contributed by atoms with Crippen molar-refractivity contribution in [3.63, 3.8) is 0 Å². The van der Waals surface area contributed by atoms with Crippen LogP contribution in [0, 0.1) is 5.41 Å². The second kappa shape index (κ2) is 4.17. The molecule has 1 saturated heterocycles. The Morgan fingerprint density at radius 2 is 2.29 bits per heavy atom. The summed E-state index contributed by atoms with van der Waals surface area (Å²) in [6, 6.07) is 0.0989. The van der Waals surface area contributed by atoms with E-state index in [1.807, 2.05) is 0 Å². The standard InChI is InChI=1S/C10H21N3O/c1-4-8(9(11)12-14)13-6-5-10(2,3)7-13/h8,14H,4-7H2,1-3H3,(H2,11,12). The van der Waals surface area contributed by atoms with E-state index in [0.717, 1.165) is 19.5 Å². The van der Waals surface area contributed by atoms with Crippen molar-refractivity contribution >= 4 is 5.84 Å². The van der Waals surface area contributed by atoms with Crippen LogP contribution >= 0.6 is 0 Å². The van der Waals surface area contributed by atoms with E-state index >= 15 is 0 Å². The van der Waals surface area contributed by atoms with Gasteiger partial charge in [0.15, 0.2) is 5.84 Å².